The molecule has 1 aliphatic rings. The zero-order valence-corrected chi connectivity index (χ0v) is 21.2. The van der Waals surface area contributed by atoms with Gasteiger partial charge < -0.3 is 15.2 Å². The molecule has 1 unspecified atom stereocenters. The van der Waals surface area contributed by atoms with E-state index in [2.05, 4.69) is 30.4 Å². The number of rotatable bonds is 9. The molecule has 1 aromatic heterocycles. The zero-order valence-electron chi connectivity index (χ0n) is 20.4. The fourth-order valence-electron chi connectivity index (χ4n) is 4.82. The summed E-state index contributed by atoms with van der Waals surface area (Å²) in [6, 6.07) is 19.3. The third-order valence-corrected chi connectivity index (χ3v) is 7.83. The van der Waals surface area contributed by atoms with Crippen molar-refractivity contribution >= 4 is 28.2 Å². The van der Waals surface area contributed by atoms with Gasteiger partial charge in [-0.25, -0.2) is 0 Å². The highest BCUT2D eigenvalue weighted by Crippen LogP contribution is 2.39. The third-order valence-electron chi connectivity index (χ3n) is 6.62. The molecule has 2 heterocycles. The van der Waals surface area contributed by atoms with Crippen LogP contribution in [0.15, 0.2) is 60.7 Å². The first kappa shape index (κ1) is 25.1. The molecule has 1 saturated heterocycles. The Morgan fingerprint density at radius 3 is 2.49 bits per heavy atom. The Bertz CT molecular complexity index is 1160. The van der Waals surface area contributed by atoms with E-state index < -0.39 is 12.0 Å². The molecule has 1 aliphatic heterocycles. The number of carbonyl (C=O) groups is 2. The number of anilines is 1. The largest absolute Gasteiger partial charge is 0.480 e. The molecular weight excluding hydrogens is 460 g/mol. The fraction of sp³-hybridized carbons (Fsp3) is 0.357. The molecule has 0 bridgehead atoms. The van der Waals surface area contributed by atoms with Gasteiger partial charge in [0, 0.05) is 23.6 Å². The van der Waals surface area contributed by atoms with Crippen LogP contribution in [0.25, 0.3) is 0 Å². The lowest BCUT2D eigenvalue weighted by Gasteiger charge is -2.28. The molecule has 3 aromatic rings. The van der Waals surface area contributed by atoms with Crippen molar-refractivity contribution in [3.05, 3.63) is 87.8 Å². The molecule has 2 N–H and O–H groups in total. The number of hydrogen-bond donors (Lipinski definition) is 2. The minimum Gasteiger partial charge on any atom is -0.480 e. The number of aliphatic carboxylic acids is 1. The van der Waals surface area contributed by atoms with E-state index in [0.29, 0.717) is 12.8 Å². The molecule has 1 amide bonds. The highest BCUT2D eigenvalue weighted by molar-refractivity contribution is 7.16. The van der Waals surface area contributed by atoms with Crippen LogP contribution in [0, 0.1) is 6.92 Å². The van der Waals surface area contributed by atoms with Gasteiger partial charge in [-0.15, -0.1) is 11.3 Å². The van der Waals surface area contributed by atoms with Crippen molar-refractivity contribution < 1.29 is 19.4 Å². The average Bonchev–Trinajstić information content (AvgIpc) is 3.45. The van der Waals surface area contributed by atoms with E-state index in [4.69, 9.17) is 4.74 Å². The number of benzene rings is 2. The van der Waals surface area contributed by atoms with Crippen molar-refractivity contribution in [1.29, 1.82) is 0 Å². The number of nitrogens with zero attached hydrogens (tertiary/aromatic N) is 1. The Kier molecular flexibility index (Phi) is 8.00. The van der Waals surface area contributed by atoms with E-state index in [1.165, 1.54) is 5.56 Å². The molecule has 7 heteroatoms. The van der Waals surface area contributed by atoms with E-state index in [0.717, 1.165) is 33.0 Å². The van der Waals surface area contributed by atoms with Gasteiger partial charge in [0.05, 0.1) is 6.54 Å². The van der Waals surface area contributed by atoms with E-state index in [9.17, 15) is 14.7 Å². The summed E-state index contributed by atoms with van der Waals surface area (Å²) in [6.45, 7) is 4.14. The minimum atomic E-state index is -0.889. The summed E-state index contributed by atoms with van der Waals surface area (Å²) in [6.07, 6.45) is 1.77. The highest BCUT2D eigenvalue weighted by atomic mass is 32.1. The van der Waals surface area contributed by atoms with Crippen LogP contribution >= 0.6 is 11.3 Å². The number of aryl methyl sites for hydroxylation is 2. The topological polar surface area (TPSA) is 78.9 Å². The van der Waals surface area contributed by atoms with Crippen molar-refractivity contribution in [2.75, 3.05) is 19.0 Å². The van der Waals surface area contributed by atoms with E-state index in [1.807, 2.05) is 54.3 Å². The average molecular weight is 493 g/mol. The van der Waals surface area contributed by atoms with Crippen LogP contribution in [0.1, 0.15) is 59.0 Å². The molecule has 0 spiro atoms. The quantitative estimate of drug-likeness (QED) is 0.407. The van der Waals surface area contributed by atoms with Gasteiger partial charge in [0.2, 0.25) is 5.91 Å². The van der Waals surface area contributed by atoms with E-state index >= 15 is 0 Å². The lowest BCUT2D eigenvalue weighted by Crippen LogP contribution is -2.42. The first-order valence-corrected chi connectivity index (χ1v) is 12.8. The summed E-state index contributed by atoms with van der Waals surface area (Å²) in [4.78, 5) is 28.2. The summed E-state index contributed by atoms with van der Waals surface area (Å²) in [7, 11) is 1.67. The number of hydrogen-bond acceptors (Lipinski definition) is 5. The van der Waals surface area contributed by atoms with Gasteiger partial charge in [-0.1, -0.05) is 67.1 Å². The molecule has 4 rings (SSSR count). The number of thiophene rings is 1. The lowest BCUT2D eigenvalue weighted by molar-refractivity contribution is -0.143. The number of carbonyl (C=O) groups excluding carboxylic acids is 1. The fourth-order valence-corrected chi connectivity index (χ4v) is 5.87. The SMILES string of the molecule is CCc1cc(C(OC)c2ccc(C)cc2)c(NC(=O)CN2[C@@H](C(=O)O)CC[C@@H]2c2ccccc2)s1. The van der Waals surface area contributed by atoms with Gasteiger partial charge in [0.25, 0.3) is 0 Å². The van der Waals surface area contributed by atoms with E-state index in [-0.39, 0.29) is 24.6 Å². The number of methoxy groups -OCH3 is 1. The van der Waals surface area contributed by atoms with Crippen molar-refractivity contribution in [2.45, 2.75) is 51.3 Å². The number of ether oxygens (including phenoxy) is 1. The highest BCUT2D eigenvalue weighted by Gasteiger charge is 2.39. The maximum Gasteiger partial charge on any atom is 0.320 e. The monoisotopic (exact) mass is 492 g/mol. The Morgan fingerprint density at radius 2 is 1.86 bits per heavy atom. The number of likely N-dealkylation sites (tertiary alicyclic amines) is 1. The molecule has 35 heavy (non-hydrogen) atoms. The summed E-state index contributed by atoms with van der Waals surface area (Å²) in [5.41, 5.74) is 4.14. The molecule has 184 valence electrons. The second-order valence-corrected chi connectivity index (χ2v) is 10.1. The van der Waals surface area contributed by atoms with Crippen LogP contribution in [0.3, 0.4) is 0 Å². The van der Waals surface area contributed by atoms with Gasteiger partial charge in [-0.05, 0) is 43.4 Å². The summed E-state index contributed by atoms with van der Waals surface area (Å²) < 4.78 is 5.87. The second kappa shape index (κ2) is 11.2. The molecular formula is C28H32N2O4S. The normalized spacial score (nSPS) is 18.9. The summed E-state index contributed by atoms with van der Waals surface area (Å²) in [5, 5.41) is 13.6. The molecule has 0 saturated carbocycles. The van der Waals surface area contributed by atoms with Crippen molar-refractivity contribution in [1.82, 2.24) is 4.90 Å². The molecule has 6 nitrogen and oxygen atoms in total. The van der Waals surface area contributed by atoms with Crippen LogP contribution in [0.2, 0.25) is 0 Å². The maximum atomic E-state index is 13.3. The Balaban J connectivity index is 1.57. The first-order chi connectivity index (χ1) is 16.9. The predicted octanol–water partition coefficient (Wildman–Crippen LogP) is 5.58. The summed E-state index contributed by atoms with van der Waals surface area (Å²) in [5.74, 6) is -1.11. The van der Waals surface area contributed by atoms with Crippen molar-refractivity contribution in [3.8, 4) is 0 Å². The minimum absolute atomic E-state index is 0.0114. The number of carboxylic acids is 1. The zero-order chi connectivity index (χ0) is 24.9. The Hall–Kier alpha value is -3.00. The van der Waals surface area contributed by atoms with Crippen LogP contribution in [-0.2, 0) is 20.7 Å². The molecule has 2 aromatic carbocycles. The van der Waals surface area contributed by atoms with Gasteiger partial charge in [0.1, 0.15) is 17.1 Å². The number of carboxylic acid groups (broad SMARTS) is 1. The van der Waals surface area contributed by atoms with Gasteiger partial charge in [-0.3, -0.25) is 14.5 Å². The Morgan fingerprint density at radius 1 is 1.14 bits per heavy atom. The van der Waals surface area contributed by atoms with Gasteiger partial charge in [0.15, 0.2) is 0 Å². The van der Waals surface area contributed by atoms with Crippen molar-refractivity contribution in [2.24, 2.45) is 0 Å². The molecule has 0 radical (unpaired) electrons. The van der Waals surface area contributed by atoms with Crippen LogP contribution in [0.4, 0.5) is 5.00 Å². The Labute approximate surface area is 210 Å². The van der Waals surface area contributed by atoms with E-state index in [1.54, 1.807) is 18.4 Å². The molecule has 0 aliphatic carbocycles. The van der Waals surface area contributed by atoms with Crippen LogP contribution in [0.5, 0.6) is 0 Å². The molecule has 1 fully saturated rings. The third kappa shape index (κ3) is 5.64. The maximum absolute atomic E-state index is 13.3. The smallest absolute Gasteiger partial charge is 0.320 e. The predicted molar refractivity (Wildman–Crippen MR) is 139 cm³/mol. The lowest BCUT2D eigenvalue weighted by atomic mass is 10.0. The van der Waals surface area contributed by atoms with Crippen LogP contribution in [-0.4, -0.2) is 41.6 Å². The second-order valence-electron chi connectivity index (χ2n) is 8.96. The van der Waals surface area contributed by atoms with Gasteiger partial charge in [-0.2, -0.15) is 0 Å². The summed E-state index contributed by atoms with van der Waals surface area (Å²) >= 11 is 1.54. The standard InChI is InChI=1S/C28H32N2O4S/c1-4-21-16-22(26(34-3)20-12-10-18(2)11-13-20)27(35-21)29-25(31)17-30-23(14-15-24(30)28(32)33)19-8-6-5-7-9-19/h5-13,16,23-24,26H,4,14-15,17H2,1-3H3,(H,29,31)(H,32,33)/t23-,24-,26?/m1/s1. The number of amides is 1. The first-order valence-electron chi connectivity index (χ1n) is 12.0. The van der Waals surface area contributed by atoms with Gasteiger partial charge >= 0.3 is 5.97 Å². The number of nitrogens with one attached hydrogen (secondary N) is 1. The molecule has 3 atom stereocenters. The van der Waals surface area contributed by atoms with Crippen molar-refractivity contribution in [3.63, 3.8) is 0 Å². The van der Waals surface area contributed by atoms with Crippen LogP contribution < -0.4 is 5.32 Å².